The number of thioether (sulfide) groups is 1. The van der Waals surface area contributed by atoms with Crippen molar-refractivity contribution < 1.29 is 4.74 Å². The highest BCUT2D eigenvalue weighted by atomic mass is 32.2. The van der Waals surface area contributed by atoms with Crippen molar-refractivity contribution in [2.45, 2.75) is 102 Å². The first kappa shape index (κ1) is 25.4. The predicted octanol–water partition coefficient (Wildman–Crippen LogP) is 7.43. The van der Waals surface area contributed by atoms with Gasteiger partial charge >= 0.3 is 0 Å². The molecule has 0 aromatic heterocycles. The summed E-state index contributed by atoms with van der Waals surface area (Å²) in [6.45, 7) is 6.92. The summed E-state index contributed by atoms with van der Waals surface area (Å²) in [5.74, 6) is 3.28. The van der Waals surface area contributed by atoms with E-state index in [1.807, 2.05) is 18.9 Å². The summed E-state index contributed by atoms with van der Waals surface area (Å²) in [6, 6.07) is 9.18. The van der Waals surface area contributed by atoms with E-state index >= 15 is 0 Å². The number of anilines is 1. The normalized spacial score (nSPS) is 29.8. The summed E-state index contributed by atoms with van der Waals surface area (Å²) in [5.41, 5.74) is 6.20. The number of hydrogen-bond acceptors (Lipinski definition) is 5. The first-order chi connectivity index (χ1) is 17.1. The first-order valence-corrected chi connectivity index (χ1v) is 15.3. The summed E-state index contributed by atoms with van der Waals surface area (Å²) < 4.78 is 6.22. The van der Waals surface area contributed by atoms with Gasteiger partial charge < -0.3 is 9.64 Å². The van der Waals surface area contributed by atoms with Crippen molar-refractivity contribution in [2.24, 2.45) is 28.8 Å². The van der Waals surface area contributed by atoms with E-state index in [1.165, 1.54) is 80.5 Å². The standard InChI is InChI=1S/C30H47N3OS/c1-22(2)21-23-9-11-24(12-10-23)28-31-32-29(35-28)25-13-15-27(16-14-25)33-19-17-30(34-3,18-20-33)26-7-5-4-6-8-26/h13-16,22-24,26,28,31H,4-12,17-21H2,1-3H3. The lowest BCUT2D eigenvalue weighted by molar-refractivity contribution is -0.0856. The molecule has 2 aliphatic heterocycles. The molecule has 1 atom stereocenters. The van der Waals surface area contributed by atoms with Crippen LogP contribution in [-0.2, 0) is 4.74 Å². The van der Waals surface area contributed by atoms with Crippen molar-refractivity contribution in [3.8, 4) is 0 Å². The quantitative estimate of drug-likeness (QED) is 0.425. The number of methoxy groups -OCH3 is 1. The maximum Gasteiger partial charge on any atom is 0.125 e. The monoisotopic (exact) mass is 497 g/mol. The molecule has 1 aromatic carbocycles. The molecule has 2 heterocycles. The largest absolute Gasteiger partial charge is 0.378 e. The average molecular weight is 498 g/mol. The highest BCUT2D eigenvalue weighted by Gasteiger charge is 2.42. The van der Waals surface area contributed by atoms with E-state index in [4.69, 9.17) is 9.84 Å². The Bertz CT molecular complexity index is 832. The topological polar surface area (TPSA) is 36.9 Å². The van der Waals surface area contributed by atoms with E-state index in [9.17, 15) is 0 Å². The Labute approximate surface area is 218 Å². The molecule has 4 nitrogen and oxygen atoms in total. The Morgan fingerprint density at radius 3 is 2.31 bits per heavy atom. The molecule has 5 heteroatoms. The molecule has 1 N–H and O–H groups in total. The molecule has 0 radical (unpaired) electrons. The van der Waals surface area contributed by atoms with Crippen LogP contribution in [0.15, 0.2) is 29.4 Å². The minimum Gasteiger partial charge on any atom is -0.378 e. The number of nitrogens with zero attached hydrogens (tertiary/aromatic N) is 2. The average Bonchev–Trinajstić information content (AvgIpc) is 3.40. The van der Waals surface area contributed by atoms with Gasteiger partial charge in [-0.25, -0.2) is 0 Å². The molecule has 5 rings (SSSR count). The number of nitrogens with one attached hydrogen (secondary N) is 1. The zero-order chi connectivity index (χ0) is 24.3. The van der Waals surface area contributed by atoms with Gasteiger partial charge in [-0.05, 0) is 80.8 Å². The van der Waals surface area contributed by atoms with Crippen LogP contribution >= 0.6 is 11.8 Å². The van der Waals surface area contributed by atoms with Crippen LogP contribution < -0.4 is 10.3 Å². The van der Waals surface area contributed by atoms with Crippen LogP contribution in [0.1, 0.15) is 96.5 Å². The molecular formula is C30H47N3OS. The molecule has 1 saturated heterocycles. The lowest BCUT2D eigenvalue weighted by atomic mass is 9.72. The highest BCUT2D eigenvalue weighted by Crippen LogP contribution is 2.42. The minimum atomic E-state index is 0.112. The first-order valence-electron chi connectivity index (χ1n) is 14.5. The lowest BCUT2D eigenvalue weighted by Gasteiger charge is -2.47. The number of rotatable bonds is 7. The fourth-order valence-corrected chi connectivity index (χ4v) is 8.58. The van der Waals surface area contributed by atoms with Gasteiger partial charge in [0.1, 0.15) is 5.04 Å². The van der Waals surface area contributed by atoms with Crippen molar-refractivity contribution >= 4 is 22.5 Å². The molecule has 35 heavy (non-hydrogen) atoms. The Kier molecular flexibility index (Phi) is 8.33. The Balaban J connectivity index is 1.12. The van der Waals surface area contributed by atoms with Gasteiger partial charge in [-0.1, -0.05) is 69.8 Å². The highest BCUT2D eigenvalue weighted by molar-refractivity contribution is 8.15. The summed E-state index contributed by atoms with van der Waals surface area (Å²) in [5, 5.41) is 6.37. The maximum absolute atomic E-state index is 6.22. The fourth-order valence-electron chi connectivity index (χ4n) is 7.39. The second-order valence-corrected chi connectivity index (χ2v) is 13.3. The zero-order valence-electron chi connectivity index (χ0n) is 22.3. The fraction of sp³-hybridized carbons (Fsp3) is 0.767. The minimum absolute atomic E-state index is 0.112. The molecule has 194 valence electrons. The number of hydrogen-bond donors (Lipinski definition) is 1. The third-order valence-corrected chi connectivity index (χ3v) is 10.8. The van der Waals surface area contributed by atoms with Crippen LogP contribution in [0, 0.1) is 23.7 Å². The molecule has 4 aliphatic rings. The zero-order valence-corrected chi connectivity index (χ0v) is 23.1. The van der Waals surface area contributed by atoms with E-state index in [0.29, 0.717) is 5.37 Å². The van der Waals surface area contributed by atoms with Gasteiger partial charge in [0, 0.05) is 31.5 Å². The predicted molar refractivity (Wildman–Crippen MR) is 150 cm³/mol. The van der Waals surface area contributed by atoms with E-state index < -0.39 is 0 Å². The van der Waals surface area contributed by atoms with Gasteiger partial charge in [-0.3, -0.25) is 5.43 Å². The Hall–Kier alpha value is -1.20. The van der Waals surface area contributed by atoms with Crippen molar-refractivity contribution in [1.82, 2.24) is 5.43 Å². The van der Waals surface area contributed by atoms with Crippen molar-refractivity contribution in [3.63, 3.8) is 0 Å². The lowest BCUT2D eigenvalue weighted by Crippen LogP contribution is -2.50. The molecule has 1 aromatic rings. The van der Waals surface area contributed by atoms with Gasteiger partial charge in [0.25, 0.3) is 0 Å². The molecule has 0 spiro atoms. The van der Waals surface area contributed by atoms with Gasteiger partial charge in [0.15, 0.2) is 0 Å². The molecule has 1 unspecified atom stereocenters. The van der Waals surface area contributed by atoms with Crippen molar-refractivity contribution in [1.29, 1.82) is 0 Å². The van der Waals surface area contributed by atoms with Gasteiger partial charge in [-0.15, -0.1) is 0 Å². The SMILES string of the molecule is COC1(C2CCCCC2)CCN(c2ccc(C3=NNC(C4CCC(CC(C)C)CC4)S3)cc2)CC1. The van der Waals surface area contributed by atoms with Crippen LogP contribution in [0.3, 0.4) is 0 Å². The number of ether oxygens (including phenoxy) is 1. The molecule has 2 saturated carbocycles. The second kappa shape index (κ2) is 11.5. The third-order valence-electron chi connectivity index (χ3n) is 9.50. The van der Waals surface area contributed by atoms with Crippen LogP contribution in [-0.4, -0.2) is 36.2 Å². The molecule has 3 fully saturated rings. The van der Waals surface area contributed by atoms with Crippen molar-refractivity contribution in [3.05, 3.63) is 29.8 Å². The van der Waals surface area contributed by atoms with E-state index in [2.05, 4.69) is 48.4 Å². The van der Waals surface area contributed by atoms with Crippen molar-refractivity contribution in [2.75, 3.05) is 25.1 Å². The summed E-state index contributed by atoms with van der Waals surface area (Å²) in [7, 11) is 1.96. The molecular weight excluding hydrogens is 450 g/mol. The summed E-state index contributed by atoms with van der Waals surface area (Å²) >= 11 is 1.95. The van der Waals surface area contributed by atoms with Crippen LogP contribution in [0.4, 0.5) is 5.69 Å². The van der Waals surface area contributed by atoms with Crippen LogP contribution in [0.5, 0.6) is 0 Å². The molecule has 0 bridgehead atoms. The molecule has 2 aliphatic carbocycles. The van der Waals surface area contributed by atoms with E-state index in [-0.39, 0.29) is 5.60 Å². The second-order valence-electron chi connectivity index (χ2n) is 12.1. The van der Waals surface area contributed by atoms with Crippen LogP contribution in [0.25, 0.3) is 0 Å². The van der Waals surface area contributed by atoms with Gasteiger partial charge in [-0.2, -0.15) is 5.10 Å². The van der Waals surface area contributed by atoms with Crippen LogP contribution in [0.2, 0.25) is 0 Å². The smallest absolute Gasteiger partial charge is 0.125 e. The number of benzene rings is 1. The summed E-state index contributed by atoms with van der Waals surface area (Å²) in [6.07, 6.45) is 16.1. The third kappa shape index (κ3) is 5.87. The Morgan fingerprint density at radius 2 is 1.69 bits per heavy atom. The van der Waals surface area contributed by atoms with E-state index in [0.717, 1.165) is 49.6 Å². The van der Waals surface area contributed by atoms with Gasteiger partial charge in [0.05, 0.1) is 11.0 Å². The van der Waals surface area contributed by atoms with Gasteiger partial charge in [0.2, 0.25) is 0 Å². The number of hydrazone groups is 1. The maximum atomic E-state index is 6.22. The Morgan fingerprint density at radius 1 is 1.00 bits per heavy atom. The number of piperidine rings is 1. The summed E-state index contributed by atoms with van der Waals surface area (Å²) in [4.78, 5) is 2.56. The van der Waals surface area contributed by atoms with E-state index in [1.54, 1.807) is 0 Å². The molecule has 0 amide bonds.